The van der Waals surface area contributed by atoms with Gasteiger partial charge in [-0.05, 0) is 33.2 Å². The molecule has 0 atom stereocenters. The summed E-state index contributed by atoms with van der Waals surface area (Å²) in [6.07, 6.45) is 5.56. The van der Waals surface area contributed by atoms with Gasteiger partial charge in [-0.15, -0.1) is 0 Å². The first-order chi connectivity index (χ1) is 9.15. The van der Waals surface area contributed by atoms with Gasteiger partial charge in [-0.3, -0.25) is 4.90 Å². The van der Waals surface area contributed by atoms with Crippen LogP contribution in [0.25, 0.3) is 0 Å². The zero-order valence-electron chi connectivity index (χ0n) is 12.4. The highest BCUT2D eigenvalue weighted by Gasteiger charge is 2.28. The third-order valence-corrected chi connectivity index (χ3v) is 4.19. The van der Waals surface area contributed by atoms with Crippen molar-refractivity contribution in [2.45, 2.75) is 58.0 Å². The Balaban J connectivity index is 1.80. The van der Waals surface area contributed by atoms with Crippen molar-refractivity contribution in [2.75, 3.05) is 20.1 Å². The summed E-state index contributed by atoms with van der Waals surface area (Å²) < 4.78 is 5.32. The third kappa shape index (κ3) is 4.01. The number of piperidine rings is 1. The molecular formula is C14H26N4O. The Morgan fingerprint density at radius 3 is 2.74 bits per heavy atom. The van der Waals surface area contributed by atoms with Crippen LogP contribution in [0.4, 0.5) is 0 Å². The van der Waals surface area contributed by atoms with Crippen LogP contribution in [0, 0.1) is 0 Å². The third-order valence-electron chi connectivity index (χ3n) is 4.19. The van der Waals surface area contributed by atoms with Crippen molar-refractivity contribution in [1.82, 2.24) is 20.4 Å². The Bertz CT molecular complexity index is 383. The van der Waals surface area contributed by atoms with Crippen LogP contribution in [-0.2, 0) is 13.0 Å². The number of aryl methyl sites for hydroxylation is 1. The van der Waals surface area contributed by atoms with Gasteiger partial charge in [0.2, 0.25) is 5.89 Å². The molecule has 5 nitrogen and oxygen atoms in total. The van der Waals surface area contributed by atoms with Crippen molar-refractivity contribution in [3.63, 3.8) is 0 Å². The highest BCUT2D eigenvalue weighted by Crippen LogP contribution is 2.22. The van der Waals surface area contributed by atoms with E-state index in [1.165, 1.54) is 19.3 Å². The van der Waals surface area contributed by atoms with Gasteiger partial charge in [0.05, 0.1) is 6.54 Å². The molecule has 108 valence electrons. The fourth-order valence-corrected chi connectivity index (χ4v) is 2.44. The first-order valence-corrected chi connectivity index (χ1v) is 7.38. The Labute approximate surface area is 115 Å². The minimum atomic E-state index is 0.289. The predicted octanol–water partition coefficient (Wildman–Crippen LogP) is 1.99. The topological polar surface area (TPSA) is 54.2 Å². The van der Waals surface area contributed by atoms with Gasteiger partial charge >= 0.3 is 0 Å². The van der Waals surface area contributed by atoms with Crippen LogP contribution in [0.5, 0.6) is 0 Å². The number of hydrogen-bond donors (Lipinski definition) is 1. The van der Waals surface area contributed by atoms with Crippen molar-refractivity contribution in [3.05, 3.63) is 11.7 Å². The van der Waals surface area contributed by atoms with Crippen LogP contribution in [0.1, 0.15) is 51.2 Å². The maximum absolute atomic E-state index is 5.32. The predicted molar refractivity (Wildman–Crippen MR) is 74.9 cm³/mol. The molecule has 2 heterocycles. The quantitative estimate of drug-likeness (QED) is 0.853. The standard InChI is InChI=1S/C14H26N4O/c1-4-5-6-12-16-13(19-17-12)11-18-9-7-14(2,15-3)8-10-18/h15H,4-11H2,1-3H3. The molecule has 0 spiro atoms. The summed E-state index contributed by atoms with van der Waals surface area (Å²) in [6.45, 7) is 7.43. The van der Waals surface area contributed by atoms with Gasteiger partial charge < -0.3 is 9.84 Å². The summed E-state index contributed by atoms with van der Waals surface area (Å²) in [7, 11) is 2.05. The van der Waals surface area contributed by atoms with Crippen molar-refractivity contribution in [3.8, 4) is 0 Å². The van der Waals surface area contributed by atoms with E-state index >= 15 is 0 Å². The molecule has 5 heteroatoms. The smallest absolute Gasteiger partial charge is 0.240 e. The lowest BCUT2D eigenvalue weighted by atomic mass is 9.90. The highest BCUT2D eigenvalue weighted by molar-refractivity contribution is 4.91. The van der Waals surface area contributed by atoms with Crippen LogP contribution in [0.3, 0.4) is 0 Å². The fourth-order valence-electron chi connectivity index (χ4n) is 2.44. The molecule has 1 aliphatic rings. The molecule has 1 aromatic heterocycles. The average Bonchev–Trinajstić information content (AvgIpc) is 2.87. The molecular weight excluding hydrogens is 240 g/mol. The van der Waals surface area contributed by atoms with E-state index in [1.54, 1.807) is 0 Å². The number of rotatable bonds is 6. The monoisotopic (exact) mass is 266 g/mol. The lowest BCUT2D eigenvalue weighted by Gasteiger charge is -2.38. The van der Waals surface area contributed by atoms with Gasteiger partial charge in [0.25, 0.3) is 0 Å². The molecule has 1 fully saturated rings. The maximum atomic E-state index is 5.32. The van der Waals surface area contributed by atoms with E-state index in [-0.39, 0.29) is 5.54 Å². The Hall–Kier alpha value is -0.940. The highest BCUT2D eigenvalue weighted by atomic mass is 16.5. The van der Waals surface area contributed by atoms with E-state index < -0.39 is 0 Å². The molecule has 0 bridgehead atoms. The number of nitrogens with zero attached hydrogens (tertiary/aromatic N) is 3. The van der Waals surface area contributed by atoms with Gasteiger partial charge in [-0.2, -0.15) is 4.98 Å². The summed E-state index contributed by atoms with van der Waals surface area (Å²) in [5, 5.41) is 7.45. The fraction of sp³-hybridized carbons (Fsp3) is 0.857. The second-order valence-electron chi connectivity index (χ2n) is 5.79. The molecule has 1 aromatic rings. The van der Waals surface area contributed by atoms with Crippen molar-refractivity contribution in [1.29, 1.82) is 0 Å². The SMILES string of the molecule is CCCCc1noc(CN2CCC(C)(NC)CC2)n1. The van der Waals surface area contributed by atoms with Crippen molar-refractivity contribution < 1.29 is 4.52 Å². The average molecular weight is 266 g/mol. The van der Waals surface area contributed by atoms with E-state index in [9.17, 15) is 0 Å². The molecule has 1 N–H and O–H groups in total. The first-order valence-electron chi connectivity index (χ1n) is 7.38. The number of hydrogen-bond acceptors (Lipinski definition) is 5. The number of unbranched alkanes of at least 4 members (excludes halogenated alkanes) is 1. The Morgan fingerprint density at radius 2 is 2.11 bits per heavy atom. The molecule has 0 radical (unpaired) electrons. The van der Waals surface area contributed by atoms with E-state index in [0.717, 1.165) is 44.2 Å². The minimum absolute atomic E-state index is 0.289. The van der Waals surface area contributed by atoms with Crippen molar-refractivity contribution in [2.24, 2.45) is 0 Å². The normalized spacial score (nSPS) is 19.7. The minimum Gasteiger partial charge on any atom is -0.338 e. The molecule has 0 saturated carbocycles. The summed E-state index contributed by atoms with van der Waals surface area (Å²) in [5.41, 5.74) is 0.289. The van der Waals surface area contributed by atoms with E-state index in [0.29, 0.717) is 0 Å². The number of likely N-dealkylation sites (tertiary alicyclic amines) is 1. The second-order valence-corrected chi connectivity index (χ2v) is 5.79. The Kier molecular flexibility index (Phi) is 4.93. The zero-order valence-corrected chi connectivity index (χ0v) is 12.4. The van der Waals surface area contributed by atoms with E-state index in [4.69, 9.17) is 4.52 Å². The summed E-state index contributed by atoms with van der Waals surface area (Å²) in [5.74, 6) is 1.62. The van der Waals surface area contributed by atoms with Crippen LogP contribution in [0.2, 0.25) is 0 Å². The largest absolute Gasteiger partial charge is 0.338 e. The summed E-state index contributed by atoms with van der Waals surface area (Å²) >= 11 is 0. The lowest BCUT2D eigenvalue weighted by molar-refractivity contribution is 0.133. The zero-order chi connectivity index (χ0) is 13.7. The first kappa shape index (κ1) is 14.5. The van der Waals surface area contributed by atoms with Crippen LogP contribution < -0.4 is 5.32 Å². The second kappa shape index (κ2) is 6.48. The van der Waals surface area contributed by atoms with Gasteiger partial charge in [-0.25, -0.2) is 0 Å². The molecule has 1 saturated heterocycles. The molecule has 2 rings (SSSR count). The molecule has 0 amide bonds. The summed E-state index contributed by atoms with van der Waals surface area (Å²) in [6, 6.07) is 0. The molecule has 0 unspecified atom stereocenters. The lowest BCUT2D eigenvalue weighted by Crippen LogP contribution is -2.49. The Morgan fingerprint density at radius 1 is 1.37 bits per heavy atom. The van der Waals surface area contributed by atoms with Crippen LogP contribution in [0.15, 0.2) is 4.52 Å². The van der Waals surface area contributed by atoms with Gasteiger partial charge in [0.1, 0.15) is 0 Å². The van der Waals surface area contributed by atoms with Gasteiger partial charge in [0.15, 0.2) is 5.82 Å². The summed E-state index contributed by atoms with van der Waals surface area (Å²) in [4.78, 5) is 6.86. The van der Waals surface area contributed by atoms with Gasteiger partial charge in [0, 0.05) is 25.0 Å². The van der Waals surface area contributed by atoms with Crippen molar-refractivity contribution >= 4 is 0 Å². The number of nitrogens with one attached hydrogen (secondary N) is 1. The van der Waals surface area contributed by atoms with Crippen LogP contribution >= 0.6 is 0 Å². The maximum Gasteiger partial charge on any atom is 0.240 e. The van der Waals surface area contributed by atoms with E-state index in [2.05, 4.69) is 34.2 Å². The van der Waals surface area contributed by atoms with E-state index in [1.807, 2.05) is 7.05 Å². The molecule has 19 heavy (non-hydrogen) atoms. The van der Waals surface area contributed by atoms with Gasteiger partial charge in [-0.1, -0.05) is 18.5 Å². The molecule has 1 aliphatic heterocycles. The molecule has 0 aromatic carbocycles. The number of aromatic nitrogens is 2. The van der Waals surface area contributed by atoms with Crippen LogP contribution in [-0.4, -0.2) is 40.7 Å². The molecule has 0 aliphatic carbocycles.